The lowest BCUT2D eigenvalue weighted by Gasteiger charge is -2.42. The smallest absolute Gasteiger partial charge is 0.142 e. The number of hydrogen-bond donors (Lipinski definition) is 1. The van der Waals surface area contributed by atoms with E-state index in [4.69, 9.17) is 16.3 Å². The average Bonchev–Trinajstić information content (AvgIpc) is 2.49. The Balaban J connectivity index is 2.16. The quantitative estimate of drug-likeness (QED) is 0.888. The van der Waals surface area contributed by atoms with Crippen LogP contribution in [0.25, 0.3) is 0 Å². The van der Waals surface area contributed by atoms with Crippen LogP contribution in [0.2, 0.25) is 5.02 Å². The van der Waals surface area contributed by atoms with E-state index in [0.29, 0.717) is 0 Å². The van der Waals surface area contributed by atoms with Crippen LogP contribution in [0.1, 0.15) is 37.7 Å². The first kappa shape index (κ1) is 15.7. The van der Waals surface area contributed by atoms with Gasteiger partial charge in [-0.1, -0.05) is 36.9 Å². The van der Waals surface area contributed by atoms with Gasteiger partial charge in [0.15, 0.2) is 0 Å². The lowest BCUT2D eigenvalue weighted by molar-refractivity contribution is -0.0657. The molecule has 1 aliphatic carbocycles. The predicted molar refractivity (Wildman–Crippen MR) is 80.8 cm³/mol. The van der Waals surface area contributed by atoms with Gasteiger partial charge in [-0.05, 0) is 44.0 Å². The Morgan fingerprint density at radius 3 is 2.60 bits per heavy atom. The summed E-state index contributed by atoms with van der Waals surface area (Å²) in [5, 5.41) is 3.54. The van der Waals surface area contributed by atoms with E-state index < -0.39 is 0 Å². The van der Waals surface area contributed by atoms with Gasteiger partial charge in [0.25, 0.3) is 0 Å². The molecule has 0 bridgehead atoms. The second-order valence-electron chi connectivity index (χ2n) is 5.62. The summed E-state index contributed by atoms with van der Waals surface area (Å²) < 4.78 is 19.4. The molecule has 1 aromatic rings. The Hall–Kier alpha value is -0.640. The zero-order valence-electron chi connectivity index (χ0n) is 12.2. The van der Waals surface area contributed by atoms with Crippen LogP contribution < -0.4 is 5.32 Å². The van der Waals surface area contributed by atoms with Crippen LogP contribution in [-0.2, 0) is 11.2 Å². The molecule has 1 unspecified atom stereocenters. The van der Waals surface area contributed by atoms with Gasteiger partial charge in [-0.2, -0.15) is 0 Å². The standard InChI is InChI=1S/C16H23ClFNO/c1-19-15(16(20-2)8-4-3-5-9-16)11-12-6-7-13(17)14(18)10-12/h6-7,10,15,19H,3-5,8-9,11H2,1-2H3. The Morgan fingerprint density at radius 2 is 2.05 bits per heavy atom. The lowest BCUT2D eigenvalue weighted by Crippen LogP contribution is -2.53. The minimum absolute atomic E-state index is 0.136. The van der Waals surface area contributed by atoms with Crippen molar-refractivity contribution in [3.8, 4) is 0 Å². The Labute approximate surface area is 125 Å². The molecule has 0 heterocycles. The van der Waals surface area contributed by atoms with Crippen LogP contribution in [0.15, 0.2) is 18.2 Å². The topological polar surface area (TPSA) is 21.3 Å². The molecule has 4 heteroatoms. The molecule has 0 saturated heterocycles. The molecule has 1 N–H and O–H groups in total. The van der Waals surface area contributed by atoms with E-state index in [0.717, 1.165) is 24.8 Å². The second-order valence-corrected chi connectivity index (χ2v) is 6.03. The molecule has 1 aromatic carbocycles. The van der Waals surface area contributed by atoms with Crippen molar-refractivity contribution >= 4 is 11.6 Å². The molecule has 1 fully saturated rings. The van der Waals surface area contributed by atoms with Crippen molar-refractivity contribution in [1.82, 2.24) is 5.32 Å². The SMILES string of the molecule is CNC(Cc1ccc(Cl)c(F)c1)C1(OC)CCCCC1. The van der Waals surface area contributed by atoms with Crippen LogP contribution in [0.3, 0.4) is 0 Å². The summed E-state index contributed by atoms with van der Waals surface area (Å²) >= 11 is 5.74. The summed E-state index contributed by atoms with van der Waals surface area (Å²) in [6.07, 6.45) is 6.54. The second kappa shape index (κ2) is 6.88. The molecule has 0 spiro atoms. The third-order valence-electron chi connectivity index (χ3n) is 4.51. The number of rotatable bonds is 5. The van der Waals surface area contributed by atoms with Gasteiger partial charge in [-0.3, -0.25) is 0 Å². The molecule has 1 atom stereocenters. The maximum absolute atomic E-state index is 13.6. The number of methoxy groups -OCH3 is 1. The van der Waals surface area contributed by atoms with Gasteiger partial charge in [-0.25, -0.2) is 4.39 Å². The van der Waals surface area contributed by atoms with Gasteiger partial charge in [0.05, 0.1) is 10.6 Å². The molecular formula is C16H23ClFNO. The summed E-state index contributed by atoms with van der Waals surface area (Å²) in [6.45, 7) is 0. The van der Waals surface area contributed by atoms with E-state index in [1.807, 2.05) is 13.1 Å². The summed E-state index contributed by atoms with van der Waals surface area (Å²) in [5.74, 6) is -0.353. The molecule has 0 radical (unpaired) electrons. The summed E-state index contributed by atoms with van der Waals surface area (Å²) in [6, 6.07) is 5.23. The fraction of sp³-hybridized carbons (Fsp3) is 0.625. The van der Waals surface area contributed by atoms with Crippen molar-refractivity contribution in [2.45, 2.75) is 50.2 Å². The zero-order chi connectivity index (χ0) is 14.6. The Morgan fingerprint density at radius 1 is 1.35 bits per heavy atom. The van der Waals surface area contributed by atoms with Crippen LogP contribution >= 0.6 is 11.6 Å². The number of hydrogen-bond acceptors (Lipinski definition) is 2. The van der Waals surface area contributed by atoms with Crippen LogP contribution in [0.5, 0.6) is 0 Å². The molecule has 2 rings (SSSR count). The van der Waals surface area contributed by atoms with E-state index in [1.54, 1.807) is 13.2 Å². The maximum Gasteiger partial charge on any atom is 0.142 e. The highest BCUT2D eigenvalue weighted by atomic mass is 35.5. The van der Waals surface area contributed by atoms with Gasteiger partial charge in [0.1, 0.15) is 5.82 Å². The minimum atomic E-state index is -0.353. The van der Waals surface area contributed by atoms with Crippen molar-refractivity contribution in [2.75, 3.05) is 14.2 Å². The predicted octanol–water partition coefficient (Wildman–Crippen LogP) is 3.96. The molecule has 0 amide bonds. The van der Waals surface area contributed by atoms with Crippen LogP contribution in [-0.4, -0.2) is 25.8 Å². The average molecular weight is 300 g/mol. The normalized spacial score (nSPS) is 19.8. The summed E-state index contributed by atoms with van der Waals surface area (Å²) in [7, 11) is 3.74. The van der Waals surface area contributed by atoms with E-state index in [2.05, 4.69) is 5.32 Å². The summed E-state index contributed by atoms with van der Waals surface area (Å²) in [4.78, 5) is 0. The van der Waals surface area contributed by atoms with Gasteiger partial charge in [0, 0.05) is 13.2 Å². The van der Waals surface area contributed by atoms with Gasteiger partial charge >= 0.3 is 0 Å². The van der Waals surface area contributed by atoms with Crippen molar-refractivity contribution in [3.63, 3.8) is 0 Å². The van der Waals surface area contributed by atoms with Crippen molar-refractivity contribution in [2.24, 2.45) is 0 Å². The van der Waals surface area contributed by atoms with Crippen molar-refractivity contribution in [1.29, 1.82) is 0 Å². The zero-order valence-corrected chi connectivity index (χ0v) is 13.0. The number of nitrogens with one attached hydrogen (secondary N) is 1. The van der Waals surface area contributed by atoms with E-state index in [1.165, 1.54) is 25.3 Å². The molecule has 1 saturated carbocycles. The highest BCUT2D eigenvalue weighted by Crippen LogP contribution is 2.35. The fourth-order valence-electron chi connectivity index (χ4n) is 3.30. The maximum atomic E-state index is 13.6. The number of halogens is 2. The van der Waals surface area contributed by atoms with Crippen molar-refractivity contribution < 1.29 is 9.13 Å². The third kappa shape index (κ3) is 3.33. The minimum Gasteiger partial charge on any atom is -0.377 e. The highest BCUT2D eigenvalue weighted by molar-refractivity contribution is 6.30. The number of likely N-dealkylation sites (N-methyl/N-ethyl adjacent to an activating group) is 1. The first-order valence-electron chi connectivity index (χ1n) is 7.27. The molecule has 0 aromatic heterocycles. The first-order chi connectivity index (χ1) is 9.61. The Bertz CT molecular complexity index is 446. The third-order valence-corrected chi connectivity index (χ3v) is 4.82. The van der Waals surface area contributed by atoms with Crippen LogP contribution in [0.4, 0.5) is 4.39 Å². The molecular weight excluding hydrogens is 277 g/mol. The van der Waals surface area contributed by atoms with Gasteiger partial charge in [-0.15, -0.1) is 0 Å². The van der Waals surface area contributed by atoms with E-state index in [-0.39, 0.29) is 22.5 Å². The monoisotopic (exact) mass is 299 g/mol. The lowest BCUT2D eigenvalue weighted by atomic mass is 9.77. The molecule has 0 aliphatic heterocycles. The largest absolute Gasteiger partial charge is 0.377 e. The molecule has 1 aliphatic rings. The van der Waals surface area contributed by atoms with Crippen LogP contribution in [0, 0.1) is 5.82 Å². The molecule has 20 heavy (non-hydrogen) atoms. The number of benzene rings is 1. The van der Waals surface area contributed by atoms with Gasteiger partial charge in [0.2, 0.25) is 0 Å². The highest BCUT2D eigenvalue weighted by Gasteiger charge is 2.39. The fourth-order valence-corrected chi connectivity index (χ4v) is 3.42. The molecule has 2 nitrogen and oxygen atoms in total. The Kier molecular flexibility index (Phi) is 5.42. The van der Waals surface area contributed by atoms with E-state index in [9.17, 15) is 4.39 Å². The van der Waals surface area contributed by atoms with Crippen molar-refractivity contribution in [3.05, 3.63) is 34.6 Å². The number of ether oxygens (including phenoxy) is 1. The van der Waals surface area contributed by atoms with Gasteiger partial charge < -0.3 is 10.1 Å². The summed E-state index contributed by atoms with van der Waals surface area (Å²) in [5.41, 5.74) is 0.816. The van der Waals surface area contributed by atoms with E-state index >= 15 is 0 Å². The first-order valence-corrected chi connectivity index (χ1v) is 7.65. The molecule has 112 valence electrons.